The molecule has 5 N–H and O–H groups in total. The molecule has 0 amide bonds. The predicted octanol–water partition coefficient (Wildman–Crippen LogP) is 3.43. The van der Waals surface area contributed by atoms with Gasteiger partial charge in [0.25, 0.3) is 0 Å². The maximum absolute atomic E-state index is 11.6. The number of aromatic nitrogens is 1. The van der Waals surface area contributed by atoms with Gasteiger partial charge >= 0.3 is 4.87 Å². The Kier molecular flexibility index (Phi) is 9.42. The second-order valence-corrected chi connectivity index (χ2v) is 9.80. The van der Waals surface area contributed by atoms with Crippen molar-refractivity contribution in [3.8, 4) is 5.75 Å². The molecule has 6 nitrogen and oxygen atoms in total. The van der Waals surface area contributed by atoms with E-state index in [9.17, 15) is 15.0 Å². The number of fused-ring (bicyclic) bond motifs is 1. The van der Waals surface area contributed by atoms with E-state index < -0.39 is 6.10 Å². The number of rotatable bonds is 13. The monoisotopic (exact) mass is 461 g/mol. The minimum atomic E-state index is -0.727. The third-order valence-electron chi connectivity index (χ3n) is 5.17. The number of aliphatic hydroxyl groups excluding tert-OH is 1. The second-order valence-electron chi connectivity index (χ2n) is 7.59. The summed E-state index contributed by atoms with van der Waals surface area (Å²) in [6.07, 6.45) is 0.405. The molecule has 1 heterocycles. The molecular formula is C23H31N3O3S2. The molecule has 0 spiro atoms. The van der Waals surface area contributed by atoms with Gasteiger partial charge in [-0.2, -0.15) is 11.8 Å². The fourth-order valence-electron chi connectivity index (χ4n) is 3.41. The number of phenolic OH excluding ortho intramolecular Hbond substituents is 1. The lowest BCUT2D eigenvalue weighted by Gasteiger charge is -2.14. The lowest BCUT2D eigenvalue weighted by atomic mass is 10.0. The normalized spacial score (nSPS) is 13.5. The Morgan fingerprint density at radius 2 is 1.84 bits per heavy atom. The Morgan fingerprint density at radius 3 is 2.65 bits per heavy atom. The van der Waals surface area contributed by atoms with Gasteiger partial charge in [0.05, 0.1) is 10.8 Å². The van der Waals surface area contributed by atoms with E-state index in [1.165, 1.54) is 11.6 Å². The first-order valence-electron chi connectivity index (χ1n) is 10.6. The number of phenols is 1. The van der Waals surface area contributed by atoms with Crippen LogP contribution in [-0.4, -0.2) is 52.9 Å². The van der Waals surface area contributed by atoms with E-state index in [0.29, 0.717) is 28.2 Å². The summed E-state index contributed by atoms with van der Waals surface area (Å²) in [4.78, 5) is 14.0. The highest BCUT2D eigenvalue weighted by Gasteiger charge is 2.15. The summed E-state index contributed by atoms with van der Waals surface area (Å²) in [5, 5.41) is 27.1. The number of hydrogen-bond acceptors (Lipinski definition) is 7. The lowest BCUT2D eigenvalue weighted by Crippen LogP contribution is -2.24. The van der Waals surface area contributed by atoms with E-state index in [0.717, 1.165) is 48.9 Å². The molecule has 0 radical (unpaired) electrons. The van der Waals surface area contributed by atoms with Crippen LogP contribution in [0, 0.1) is 0 Å². The maximum atomic E-state index is 11.6. The Balaban J connectivity index is 1.25. The summed E-state index contributed by atoms with van der Waals surface area (Å²) in [5.74, 6) is 2.63. The van der Waals surface area contributed by atoms with E-state index in [1.807, 2.05) is 17.8 Å². The van der Waals surface area contributed by atoms with Gasteiger partial charge in [-0.15, -0.1) is 0 Å². The molecule has 0 aliphatic carbocycles. The summed E-state index contributed by atoms with van der Waals surface area (Å²) in [7, 11) is 0. The van der Waals surface area contributed by atoms with E-state index in [1.54, 1.807) is 6.07 Å². The van der Waals surface area contributed by atoms with Gasteiger partial charge in [0.2, 0.25) is 0 Å². The molecule has 0 saturated heterocycles. The first-order valence-corrected chi connectivity index (χ1v) is 12.6. The van der Waals surface area contributed by atoms with Crippen LogP contribution >= 0.6 is 23.1 Å². The quantitative estimate of drug-likeness (QED) is 0.250. The van der Waals surface area contributed by atoms with Crippen LogP contribution < -0.4 is 15.5 Å². The lowest BCUT2D eigenvalue weighted by molar-refractivity contribution is 0.177. The Bertz CT molecular complexity index is 991. The molecule has 1 unspecified atom stereocenters. The van der Waals surface area contributed by atoms with Crippen LogP contribution in [0.3, 0.4) is 0 Å². The van der Waals surface area contributed by atoms with Gasteiger partial charge in [0.15, 0.2) is 0 Å². The number of benzene rings is 2. The van der Waals surface area contributed by atoms with Crippen LogP contribution in [0.15, 0.2) is 47.3 Å². The van der Waals surface area contributed by atoms with Gasteiger partial charge in [0, 0.05) is 31.0 Å². The average molecular weight is 462 g/mol. The largest absolute Gasteiger partial charge is 0.506 e. The van der Waals surface area contributed by atoms with Crippen molar-refractivity contribution in [3.05, 3.63) is 63.3 Å². The van der Waals surface area contributed by atoms with Crippen LogP contribution in [0.5, 0.6) is 5.75 Å². The fourth-order valence-corrected chi connectivity index (χ4v) is 5.17. The molecule has 168 valence electrons. The van der Waals surface area contributed by atoms with Crippen LogP contribution in [0.4, 0.5) is 0 Å². The Labute approximate surface area is 191 Å². The summed E-state index contributed by atoms with van der Waals surface area (Å²) < 4.78 is 0.614. The van der Waals surface area contributed by atoms with Gasteiger partial charge in [0.1, 0.15) is 11.3 Å². The summed E-state index contributed by atoms with van der Waals surface area (Å²) >= 11 is 2.91. The number of nitrogens with one attached hydrogen (secondary N) is 3. The van der Waals surface area contributed by atoms with Crippen LogP contribution in [0.25, 0.3) is 10.2 Å². The molecule has 3 rings (SSSR count). The van der Waals surface area contributed by atoms with Crippen molar-refractivity contribution in [3.63, 3.8) is 0 Å². The predicted molar refractivity (Wildman–Crippen MR) is 132 cm³/mol. The van der Waals surface area contributed by atoms with Crippen LogP contribution in [0.1, 0.15) is 36.5 Å². The van der Waals surface area contributed by atoms with Crippen LogP contribution in [0.2, 0.25) is 0 Å². The van der Waals surface area contributed by atoms with Crippen molar-refractivity contribution >= 4 is 33.3 Å². The first kappa shape index (κ1) is 23.8. The number of thiazole rings is 1. The Morgan fingerprint density at radius 1 is 1.06 bits per heavy atom. The fraction of sp³-hybridized carbons (Fsp3) is 0.435. The van der Waals surface area contributed by atoms with Crippen molar-refractivity contribution in [1.82, 2.24) is 15.6 Å². The minimum Gasteiger partial charge on any atom is -0.506 e. The van der Waals surface area contributed by atoms with Crippen molar-refractivity contribution < 1.29 is 10.2 Å². The van der Waals surface area contributed by atoms with Gasteiger partial charge in [-0.1, -0.05) is 54.7 Å². The van der Waals surface area contributed by atoms with Gasteiger partial charge in [-0.25, -0.2) is 0 Å². The van der Waals surface area contributed by atoms with Crippen LogP contribution in [-0.2, 0) is 0 Å². The topological polar surface area (TPSA) is 97.4 Å². The molecular weight excluding hydrogens is 430 g/mol. The van der Waals surface area contributed by atoms with E-state index in [2.05, 4.69) is 46.8 Å². The molecule has 1 aromatic heterocycles. The number of thioether (sulfide) groups is 1. The number of H-pyrrole nitrogens is 1. The number of aromatic hydroxyl groups is 1. The zero-order valence-corrected chi connectivity index (χ0v) is 19.4. The smallest absolute Gasteiger partial charge is 0.305 e. The number of aliphatic hydroxyl groups is 1. The molecule has 0 bridgehead atoms. The van der Waals surface area contributed by atoms with E-state index in [4.69, 9.17) is 0 Å². The second kappa shape index (κ2) is 12.3. The minimum absolute atomic E-state index is 0.0256. The average Bonchev–Trinajstić information content (AvgIpc) is 3.17. The highest BCUT2D eigenvalue weighted by molar-refractivity contribution is 7.99. The Hall–Kier alpha value is -1.84. The molecule has 8 heteroatoms. The SMILES string of the molecule is CC(CNCCCSCCNC[C@H](O)c1ccc(O)c2[nH]c(=O)sc12)c1ccccc1. The van der Waals surface area contributed by atoms with Gasteiger partial charge in [-0.3, -0.25) is 4.79 Å². The van der Waals surface area contributed by atoms with E-state index >= 15 is 0 Å². The van der Waals surface area contributed by atoms with Crippen molar-refractivity contribution in [2.45, 2.75) is 25.4 Å². The highest BCUT2D eigenvalue weighted by Crippen LogP contribution is 2.31. The van der Waals surface area contributed by atoms with E-state index in [-0.39, 0.29) is 10.6 Å². The molecule has 31 heavy (non-hydrogen) atoms. The zero-order chi connectivity index (χ0) is 22.1. The molecule has 0 saturated carbocycles. The molecule has 0 aliphatic heterocycles. The number of aromatic amines is 1. The van der Waals surface area contributed by atoms with Crippen molar-refractivity contribution in [1.29, 1.82) is 0 Å². The third kappa shape index (κ3) is 7.08. The molecule has 3 aromatic rings. The summed E-state index contributed by atoms with van der Waals surface area (Å²) in [6, 6.07) is 13.8. The van der Waals surface area contributed by atoms with Crippen molar-refractivity contribution in [2.24, 2.45) is 0 Å². The summed E-state index contributed by atoms with van der Waals surface area (Å²) in [6.45, 7) is 5.48. The zero-order valence-electron chi connectivity index (χ0n) is 17.8. The third-order valence-corrected chi connectivity index (χ3v) is 7.17. The standard InChI is InChI=1S/C23H31N3O3S2/c1-16(17-6-3-2-4-7-17)14-24-10-5-12-30-13-11-25-15-20(28)18-8-9-19(27)21-22(18)31-23(29)26-21/h2-4,6-9,16,20,24-25,27-28H,5,10-15H2,1H3,(H,26,29)/t16?,20-/m0/s1. The highest BCUT2D eigenvalue weighted by atomic mass is 32.2. The van der Waals surface area contributed by atoms with Gasteiger partial charge < -0.3 is 25.8 Å². The molecule has 0 aliphatic rings. The first-order chi connectivity index (χ1) is 15.1. The van der Waals surface area contributed by atoms with Gasteiger partial charge in [-0.05, 0) is 36.3 Å². The number of hydrogen-bond donors (Lipinski definition) is 5. The molecule has 2 aromatic carbocycles. The molecule has 2 atom stereocenters. The maximum Gasteiger partial charge on any atom is 0.305 e. The molecule has 0 fully saturated rings. The van der Waals surface area contributed by atoms with Crippen molar-refractivity contribution in [2.75, 3.05) is 37.7 Å². The summed E-state index contributed by atoms with van der Waals surface area (Å²) in [5.41, 5.74) is 2.43.